The van der Waals surface area contributed by atoms with Crippen LogP contribution in [0.5, 0.6) is 0 Å². The average Bonchev–Trinajstić information content (AvgIpc) is 2.54. The number of pyridine rings is 1. The molecule has 1 saturated heterocycles. The van der Waals surface area contributed by atoms with Gasteiger partial charge in [-0.05, 0) is 18.6 Å². The summed E-state index contributed by atoms with van der Waals surface area (Å²) in [5.41, 5.74) is 0.797. The molecule has 1 aliphatic heterocycles. The first-order valence-electron chi connectivity index (χ1n) is 7.88. The van der Waals surface area contributed by atoms with Crippen LogP contribution in [0.4, 0.5) is 5.69 Å². The van der Waals surface area contributed by atoms with E-state index in [9.17, 15) is 4.79 Å². The fraction of sp³-hybridized carbons (Fsp3) is 0.625. The Hall–Kier alpha value is -1.50. The Labute approximate surface area is 132 Å². The van der Waals surface area contributed by atoms with E-state index in [4.69, 9.17) is 4.74 Å². The maximum Gasteiger partial charge on any atom is 0.238 e. The molecule has 0 bridgehead atoms. The molecule has 1 N–H and O–H groups in total. The van der Waals surface area contributed by atoms with E-state index < -0.39 is 0 Å². The summed E-state index contributed by atoms with van der Waals surface area (Å²) in [6.45, 7) is 7.21. The van der Waals surface area contributed by atoms with Gasteiger partial charge in [-0.25, -0.2) is 0 Å². The molecule has 6 nitrogen and oxygen atoms in total. The number of carbonyl (C=O) groups is 1. The summed E-state index contributed by atoms with van der Waals surface area (Å²) in [5, 5.41) is 2.91. The van der Waals surface area contributed by atoms with Gasteiger partial charge in [0, 0.05) is 57.4 Å². The summed E-state index contributed by atoms with van der Waals surface area (Å²) in [5.74, 6) is 0.0337. The van der Waals surface area contributed by atoms with Crippen LogP contribution in [-0.4, -0.2) is 73.2 Å². The number of nitrogens with one attached hydrogen (secondary N) is 1. The Morgan fingerprint density at radius 1 is 1.41 bits per heavy atom. The molecule has 2 heterocycles. The number of anilines is 1. The van der Waals surface area contributed by atoms with Crippen LogP contribution in [0.2, 0.25) is 0 Å². The van der Waals surface area contributed by atoms with Gasteiger partial charge in [0.15, 0.2) is 0 Å². The van der Waals surface area contributed by atoms with E-state index in [1.54, 1.807) is 31.6 Å². The number of methoxy groups -OCH3 is 1. The molecule has 1 fully saturated rings. The van der Waals surface area contributed by atoms with Gasteiger partial charge in [0.05, 0.1) is 13.2 Å². The van der Waals surface area contributed by atoms with Gasteiger partial charge in [-0.2, -0.15) is 0 Å². The van der Waals surface area contributed by atoms with E-state index in [1.165, 1.54) is 0 Å². The number of ether oxygens (including phenoxy) is 1. The van der Waals surface area contributed by atoms with E-state index in [0.717, 1.165) is 44.9 Å². The molecular weight excluding hydrogens is 280 g/mol. The van der Waals surface area contributed by atoms with Crippen molar-refractivity contribution in [2.75, 3.05) is 51.8 Å². The number of carbonyl (C=O) groups excluding carboxylic acids is 1. The van der Waals surface area contributed by atoms with Gasteiger partial charge < -0.3 is 10.1 Å². The van der Waals surface area contributed by atoms with Crippen molar-refractivity contribution < 1.29 is 9.53 Å². The third kappa shape index (κ3) is 5.05. The van der Waals surface area contributed by atoms with E-state index in [2.05, 4.69) is 27.0 Å². The molecule has 22 heavy (non-hydrogen) atoms. The summed E-state index contributed by atoms with van der Waals surface area (Å²) < 4.78 is 5.17. The van der Waals surface area contributed by atoms with Gasteiger partial charge in [0.1, 0.15) is 0 Å². The maximum atomic E-state index is 12.1. The lowest BCUT2D eigenvalue weighted by atomic mass is 10.1. The second kappa shape index (κ2) is 8.82. The monoisotopic (exact) mass is 306 g/mol. The standard InChI is InChI=1S/C16H26N4O2/c1-3-15-12-19(8-9-20(15)10-11-22-2)13-16(21)18-14-4-6-17-7-5-14/h4-7,15H,3,8-13H2,1-2H3,(H,17,18,21). The van der Waals surface area contributed by atoms with Gasteiger partial charge in [-0.15, -0.1) is 0 Å². The number of nitrogens with zero attached hydrogens (tertiary/aromatic N) is 3. The van der Waals surface area contributed by atoms with Gasteiger partial charge in [-0.3, -0.25) is 19.6 Å². The molecule has 2 rings (SSSR count). The Kier molecular flexibility index (Phi) is 6.76. The molecule has 122 valence electrons. The summed E-state index contributed by atoms with van der Waals surface area (Å²) in [7, 11) is 1.74. The molecular formula is C16H26N4O2. The lowest BCUT2D eigenvalue weighted by molar-refractivity contribution is -0.118. The molecule has 1 amide bonds. The highest BCUT2D eigenvalue weighted by molar-refractivity contribution is 5.92. The topological polar surface area (TPSA) is 57.7 Å². The molecule has 1 aromatic rings. The van der Waals surface area contributed by atoms with Crippen LogP contribution in [0, 0.1) is 0 Å². The van der Waals surface area contributed by atoms with Crippen LogP contribution >= 0.6 is 0 Å². The van der Waals surface area contributed by atoms with Crippen molar-refractivity contribution in [1.82, 2.24) is 14.8 Å². The minimum Gasteiger partial charge on any atom is -0.383 e. The summed E-state index contributed by atoms with van der Waals surface area (Å²) in [6, 6.07) is 4.10. The van der Waals surface area contributed by atoms with Crippen LogP contribution in [-0.2, 0) is 9.53 Å². The second-order valence-electron chi connectivity index (χ2n) is 5.61. The van der Waals surface area contributed by atoms with Crippen molar-refractivity contribution in [2.45, 2.75) is 19.4 Å². The molecule has 6 heteroatoms. The quantitative estimate of drug-likeness (QED) is 0.816. The SMILES string of the molecule is CCC1CN(CC(=O)Nc2ccncc2)CCN1CCOC. The first-order valence-corrected chi connectivity index (χ1v) is 7.88. The summed E-state index contributed by atoms with van der Waals surface area (Å²) in [6.07, 6.45) is 4.45. The van der Waals surface area contributed by atoms with E-state index in [0.29, 0.717) is 12.6 Å². The summed E-state index contributed by atoms with van der Waals surface area (Å²) >= 11 is 0. The first kappa shape index (κ1) is 16.9. The minimum atomic E-state index is 0.0337. The first-order chi connectivity index (χ1) is 10.7. The fourth-order valence-electron chi connectivity index (χ4n) is 2.83. The molecule has 1 unspecified atom stereocenters. The number of rotatable bonds is 7. The van der Waals surface area contributed by atoms with Crippen LogP contribution < -0.4 is 5.32 Å². The van der Waals surface area contributed by atoms with Crippen molar-refractivity contribution in [3.63, 3.8) is 0 Å². The predicted molar refractivity (Wildman–Crippen MR) is 86.8 cm³/mol. The van der Waals surface area contributed by atoms with E-state index in [-0.39, 0.29) is 5.91 Å². The smallest absolute Gasteiger partial charge is 0.238 e. The second-order valence-corrected chi connectivity index (χ2v) is 5.61. The number of piperazine rings is 1. The fourth-order valence-corrected chi connectivity index (χ4v) is 2.83. The number of aromatic nitrogens is 1. The lowest BCUT2D eigenvalue weighted by Crippen LogP contribution is -2.54. The van der Waals surface area contributed by atoms with Gasteiger partial charge in [0.25, 0.3) is 0 Å². The third-order valence-electron chi connectivity index (χ3n) is 4.07. The molecule has 0 radical (unpaired) electrons. The molecule has 0 aliphatic carbocycles. The van der Waals surface area contributed by atoms with Crippen molar-refractivity contribution in [3.8, 4) is 0 Å². The highest BCUT2D eigenvalue weighted by Crippen LogP contribution is 2.13. The normalized spacial score (nSPS) is 20.0. The molecule has 0 aromatic carbocycles. The predicted octanol–water partition coefficient (Wildman–Crippen LogP) is 1.06. The molecule has 1 aromatic heterocycles. The Morgan fingerprint density at radius 3 is 2.86 bits per heavy atom. The number of hydrogen-bond donors (Lipinski definition) is 1. The molecule has 1 atom stereocenters. The van der Waals surface area contributed by atoms with Crippen molar-refractivity contribution >= 4 is 11.6 Å². The van der Waals surface area contributed by atoms with Crippen LogP contribution in [0.25, 0.3) is 0 Å². The Balaban J connectivity index is 1.80. The van der Waals surface area contributed by atoms with Crippen molar-refractivity contribution in [2.24, 2.45) is 0 Å². The van der Waals surface area contributed by atoms with Crippen molar-refractivity contribution in [3.05, 3.63) is 24.5 Å². The average molecular weight is 306 g/mol. The Morgan fingerprint density at radius 2 is 2.18 bits per heavy atom. The zero-order chi connectivity index (χ0) is 15.8. The highest BCUT2D eigenvalue weighted by Gasteiger charge is 2.26. The largest absolute Gasteiger partial charge is 0.383 e. The zero-order valence-corrected chi connectivity index (χ0v) is 13.5. The lowest BCUT2D eigenvalue weighted by Gasteiger charge is -2.40. The highest BCUT2D eigenvalue weighted by atomic mass is 16.5. The van der Waals surface area contributed by atoms with Gasteiger partial charge >= 0.3 is 0 Å². The van der Waals surface area contributed by atoms with E-state index in [1.807, 2.05) is 0 Å². The molecule has 1 aliphatic rings. The third-order valence-corrected chi connectivity index (χ3v) is 4.07. The zero-order valence-electron chi connectivity index (χ0n) is 13.5. The van der Waals surface area contributed by atoms with E-state index >= 15 is 0 Å². The Bertz CT molecular complexity index is 455. The summed E-state index contributed by atoms with van der Waals surface area (Å²) in [4.78, 5) is 20.8. The van der Waals surface area contributed by atoms with Gasteiger partial charge in [0.2, 0.25) is 5.91 Å². The van der Waals surface area contributed by atoms with Crippen LogP contribution in [0.3, 0.4) is 0 Å². The van der Waals surface area contributed by atoms with Crippen LogP contribution in [0.15, 0.2) is 24.5 Å². The van der Waals surface area contributed by atoms with Gasteiger partial charge in [-0.1, -0.05) is 6.92 Å². The molecule has 0 spiro atoms. The number of amides is 1. The minimum absolute atomic E-state index is 0.0337. The van der Waals surface area contributed by atoms with Crippen molar-refractivity contribution in [1.29, 1.82) is 0 Å². The molecule has 0 saturated carbocycles. The van der Waals surface area contributed by atoms with Crippen LogP contribution in [0.1, 0.15) is 13.3 Å². The number of hydrogen-bond acceptors (Lipinski definition) is 5. The maximum absolute atomic E-state index is 12.1.